The average molecular weight is 283 g/mol. The van der Waals surface area contributed by atoms with Crippen LogP contribution in [0.3, 0.4) is 0 Å². The molecule has 1 heterocycles. The zero-order chi connectivity index (χ0) is 14.5. The van der Waals surface area contributed by atoms with E-state index >= 15 is 0 Å². The third kappa shape index (κ3) is 4.37. The van der Waals surface area contributed by atoms with Gasteiger partial charge in [0.2, 0.25) is 0 Å². The Morgan fingerprint density at radius 3 is 2.60 bits per heavy atom. The number of nitrogens with one attached hydrogen (secondary N) is 2. The third-order valence-electron chi connectivity index (χ3n) is 4.23. The molecule has 6 heteroatoms. The van der Waals surface area contributed by atoms with Crippen molar-refractivity contribution in [2.75, 3.05) is 19.6 Å². The second-order valence-electron chi connectivity index (χ2n) is 6.07. The molecule has 1 unspecified atom stereocenters. The lowest BCUT2D eigenvalue weighted by Gasteiger charge is -2.22. The Hall–Kier alpha value is -1.30. The van der Waals surface area contributed by atoms with Gasteiger partial charge in [-0.15, -0.1) is 0 Å². The van der Waals surface area contributed by atoms with Crippen molar-refractivity contribution in [2.45, 2.75) is 51.1 Å². The first-order chi connectivity index (χ1) is 9.54. The standard InChI is InChI=1S/C14H25N3O3/c1-10(9-17-6-2-3-7-17)15-14(20)16-12-5-4-11(8-12)13(18)19/h10-12H,2-9H2,1H3,(H,18,19)(H2,15,16,20)/t10?,11-,12+/m1/s1. The van der Waals surface area contributed by atoms with E-state index in [0.29, 0.717) is 12.8 Å². The summed E-state index contributed by atoms with van der Waals surface area (Å²) in [6, 6.07) is -0.0624. The quantitative estimate of drug-likeness (QED) is 0.703. The van der Waals surface area contributed by atoms with Crippen molar-refractivity contribution in [3.63, 3.8) is 0 Å². The summed E-state index contributed by atoms with van der Waals surface area (Å²) < 4.78 is 0. The van der Waals surface area contributed by atoms with Crippen molar-refractivity contribution in [1.82, 2.24) is 15.5 Å². The van der Waals surface area contributed by atoms with E-state index in [9.17, 15) is 9.59 Å². The lowest BCUT2D eigenvalue weighted by molar-refractivity contribution is -0.141. The molecular weight excluding hydrogens is 258 g/mol. The highest BCUT2D eigenvalue weighted by atomic mass is 16.4. The first-order valence-corrected chi connectivity index (χ1v) is 7.57. The second kappa shape index (κ2) is 6.92. The molecule has 1 saturated heterocycles. The van der Waals surface area contributed by atoms with Gasteiger partial charge >= 0.3 is 12.0 Å². The summed E-state index contributed by atoms with van der Waals surface area (Å²) >= 11 is 0. The minimum Gasteiger partial charge on any atom is -0.481 e. The Morgan fingerprint density at radius 2 is 2.00 bits per heavy atom. The van der Waals surface area contributed by atoms with Gasteiger partial charge in [0.25, 0.3) is 0 Å². The van der Waals surface area contributed by atoms with Crippen LogP contribution in [0.1, 0.15) is 39.0 Å². The van der Waals surface area contributed by atoms with Gasteiger partial charge in [-0.1, -0.05) is 0 Å². The largest absolute Gasteiger partial charge is 0.481 e. The van der Waals surface area contributed by atoms with Gasteiger partial charge in [-0.3, -0.25) is 4.79 Å². The Morgan fingerprint density at radius 1 is 1.30 bits per heavy atom. The van der Waals surface area contributed by atoms with E-state index in [0.717, 1.165) is 26.1 Å². The molecule has 0 aromatic rings. The van der Waals surface area contributed by atoms with E-state index in [1.165, 1.54) is 12.8 Å². The highest BCUT2D eigenvalue weighted by Crippen LogP contribution is 2.25. The maximum atomic E-state index is 11.9. The van der Waals surface area contributed by atoms with Crippen molar-refractivity contribution in [3.8, 4) is 0 Å². The number of urea groups is 1. The number of hydrogen-bond acceptors (Lipinski definition) is 3. The molecule has 0 aromatic carbocycles. The molecule has 1 aliphatic heterocycles. The molecular formula is C14H25N3O3. The van der Waals surface area contributed by atoms with Gasteiger partial charge in [0, 0.05) is 18.6 Å². The fourth-order valence-electron chi connectivity index (χ4n) is 3.19. The Labute approximate surface area is 119 Å². The molecule has 2 aliphatic rings. The number of likely N-dealkylation sites (tertiary alicyclic amines) is 1. The number of carbonyl (C=O) groups excluding carboxylic acids is 1. The van der Waals surface area contributed by atoms with Crippen LogP contribution in [0, 0.1) is 5.92 Å². The number of aliphatic carboxylic acids is 1. The van der Waals surface area contributed by atoms with Gasteiger partial charge in [0.05, 0.1) is 5.92 Å². The van der Waals surface area contributed by atoms with Gasteiger partial charge in [-0.25, -0.2) is 4.79 Å². The molecule has 1 saturated carbocycles. The highest BCUT2D eigenvalue weighted by molar-refractivity contribution is 5.75. The maximum Gasteiger partial charge on any atom is 0.315 e. The monoisotopic (exact) mass is 283 g/mol. The number of carboxylic acid groups (broad SMARTS) is 1. The van der Waals surface area contributed by atoms with Gasteiger partial charge in [0.1, 0.15) is 0 Å². The van der Waals surface area contributed by atoms with E-state index in [1.54, 1.807) is 0 Å². The molecule has 2 amide bonds. The van der Waals surface area contributed by atoms with Crippen LogP contribution in [-0.2, 0) is 4.79 Å². The summed E-state index contributed by atoms with van der Waals surface area (Å²) in [5.74, 6) is -1.06. The minimum absolute atomic E-state index is 0.00455. The van der Waals surface area contributed by atoms with Crippen LogP contribution < -0.4 is 10.6 Å². The van der Waals surface area contributed by atoms with Crippen LogP contribution in [0.4, 0.5) is 4.79 Å². The van der Waals surface area contributed by atoms with Crippen molar-refractivity contribution in [2.24, 2.45) is 5.92 Å². The van der Waals surface area contributed by atoms with E-state index in [1.807, 2.05) is 6.92 Å². The van der Waals surface area contributed by atoms with Gasteiger partial charge in [-0.2, -0.15) is 0 Å². The second-order valence-corrected chi connectivity index (χ2v) is 6.07. The first kappa shape index (κ1) is 15.1. The topological polar surface area (TPSA) is 81.7 Å². The van der Waals surface area contributed by atoms with Gasteiger partial charge in [-0.05, 0) is 52.1 Å². The van der Waals surface area contributed by atoms with E-state index in [4.69, 9.17) is 5.11 Å². The number of carboxylic acids is 1. The van der Waals surface area contributed by atoms with Crippen LogP contribution >= 0.6 is 0 Å². The number of hydrogen-bond donors (Lipinski definition) is 3. The molecule has 0 bridgehead atoms. The lowest BCUT2D eigenvalue weighted by Crippen LogP contribution is -2.48. The summed E-state index contributed by atoms with van der Waals surface area (Å²) in [6.45, 7) is 5.13. The van der Waals surface area contributed by atoms with Crippen LogP contribution in [0.2, 0.25) is 0 Å². The number of amides is 2. The summed E-state index contributed by atoms with van der Waals surface area (Å²) in [6.07, 6.45) is 4.45. The Kier molecular flexibility index (Phi) is 5.23. The fraction of sp³-hybridized carbons (Fsp3) is 0.857. The molecule has 0 aromatic heterocycles. The van der Waals surface area contributed by atoms with Crippen molar-refractivity contribution < 1.29 is 14.7 Å². The van der Waals surface area contributed by atoms with Crippen molar-refractivity contribution >= 4 is 12.0 Å². The zero-order valence-corrected chi connectivity index (χ0v) is 12.1. The first-order valence-electron chi connectivity index (χ1n) is 7.57. The molecule has 0 spiro atoms. The molecule has 3 N–H and O–H groups in total. The smallest absolute Gasteiger partial charge is 0.315 e. The molecule has 20 heavy (non-hydrogen) atoms. The molecule has 3 atom stereocenters. The summed E-state index contributed by atoms with van der Waals surface area (Å²) in [4.78, 5) is 25.1. The van der Waals surface area contributed by atoms with E-state index in [2.05, 4.69) is 15.5 Å². The third-order valence-corrected chi connectivity index (χ3v) is 4.23. The molecule has 6 nitrogen and oxygen atoms in total. The molecule has 114 valence electrons. The fourth-order valence-corrected chi connectivity index (χ4v) is 3.19. The summed E-state index contributed by atoms with van der Waals surface area (Å²) in [7, 11) is 0. The van der Waals surface area contributed by atoms with Crippen LogP contribution in [0.15, 0.2) is 0 Å². The highest BCUT2D eigenvalue weighted by Gasteiger charge is 2.30. The molecule has 0 radical (unpaired) electrons. The summed E-state index contributed by atoms with van der Waals surface area (Å²) in [5.41, 5.74) is 0. The van der Waals surface area contributed by atoms with Crippen molar-refractivity contribution in [1.29, 1.82) is 0 Å². The van der Waals surface area contributed by atoms with Gasteiger partial charge in [0.15, 0.2) is 0 Å². The van der Waals surface area contributed by atoms with E-state index in [-0.39, 0.29) is 24.0 Å². The number of rotatable bonds is 5. The lowest BCUT2D eigenvalue weighted by atomic mass is 10.1. The van der Waals surface area contributed by atoms with Gasteiger partial charge < -0.3 is 20.6 Å². The summed E-state index contributed by atoms with van der Waals surface area (Å²) in [5, 5.41) is 14.8. The maximum absolute atomic E-state index is 11.9. The average Bonchev–Trinajstić information content (AvgIpc) is 2.99. The van der Waals surface area contributed by atoms with E-state index < -0.39 is 5.97 Å². The normalized spacial score (nSPS) is 28.2. The molecule has 2 rings (SSSR count). The van der Waals surface area contributed by atoms with Crippen LogP contribution in [-0.4, -0.2) is 53.7 Å². The predicted molar refractivity (Wildman–Crippen MR) is 75.6 cm³/mol. The van der Waals surface area contributed by atoms with Crippen molar-refractivity contribution in [3.05, 3.63) is 0 Å². The Balaban J connectivity index is 1.66. The number of nitrogens with zero attached hydrogens (tertiary/aromatic N) is 1. The predicted octanol–water partition coefficient (Wildman–Crippen LogP) is 1.02. The number of carbonyl (C=O) groups is 2. The Bertz CT molecular complexity index is 356. The van der Waals surface area contributed by atoms with Crippen LogP contribution in [0.5, 0.6) is 0 Å². The van der Waals surface area contributed by atoms with Crippen LogP contribution in [0.25, 0.3) is 0 Å². The minimum atomic E-state index is -0.753. The molecule has 2 fully saturated rings. The zero-order valence-electron chi connectivity index (χ0n) is 12.1. The molecule has 1 aliphatic carbocycles. The SMILES string of the molecule is CC(CN1CCCC1)NC(=O)N[C@H]1CC[C@@H](C(=O)O)C1.